The van der Waals surface area contributed by atoms with Crippen LogP contribution in [0.2, 0.25) is 0 Å². The largest absolute Gasteiger partial charge is 0.508 e. The van der Waals surface area contributed by atoms with Crippen molar-refractivity contribution in [1.29, 1.82) is 0 Å². The molecule has 1 unspecified atom stereocenters. The van der Waals surface area contributed by atoms with Crippen LogP contribution in [-0.4, -0.2) is 10.7 Å². The summed E-state index contributed by atoms with van der Waals surface area (Å²) in [6.45, 7) is 10.8. The lowest BCUT2D eigenvalue weighted by atomic mass is 9.67. The lowest BCUT2D eigenvalue weighted by Gasteiger charge is -2.38. The van der Waals surface area contributed by atoms with Crippen molar-refractivity contribution in [2.75, 3.05) is 0 Å². The van der Waals surface area contributed by atoms with Crippen LogP contribution in [0, 0.1) is 5.92 Å². The van der Waals surface area contributed by atoms with Crippen molar-refractivity contribution in [3.8, 4) is 5.75 Å². The minimum atomic E-state index is -0.160. The first-order valence-electron chi connectivity index (χ1n) is 8.61. The highest BCUT2D eigenvalue weighted by Crippen LogP contribution is 2.42. The molecule has 1 N–H and O–H groups in total. The van der Waals surface area contributed by atoms with Gasteiger partial charge in [0.2, 0.25) is 0 Å². The molecule has 0 amide bonds. The van der Waals surface area contributed by atoms with E-state index in [0.717, 1.165) is 25.0 Å². The van der Waals surface area contributed by atoms with Crippen LogP contribution in [0.4, 0.5) is 0 Å². The van der Waals surface area contributed by atoms with Gasteiger partial charge in [0.1, 0.15) is 17.1 Å². The van der Waals surface area contributed by atoms with E-state index in [4.69, 9.17) is 4.74 Å². The lowest BCUT2D eigenvalue weighted by molar-refractivity contribution is 0.0580. The SMILES string of the molecule is CCC[C@@](C)(c1ccc(O)cc1)C1C=CC(OC(C)(C)C)=CC1. The average Bonchev–Trinajstić information content (AvgIpc) is 2.47. The number of phenolic OH excluding ortho intramolecular Hbond substituents is 1. The molecule has 2 nitrogen and oxygen atoms in total. The van der Waals surface area contributed by atoms with Crippen LogP contribution in [-0.2, 0) is 10.2 Å². The van der Waals surface area contributed by atoms with Crippen LogP contribution < -0.4 is 0 Å². The van der Waals surface area contributed by atoms with Crippen molar-refractivity contribution in [3.63, 3.8) is 0 Å². The Balaban J connectivity index is 2.20. The zero-order valence-corrected chi connectivity index (χ0v) is 15.1. The summed E-state index contributed by atoms with van der Waals surface area (Å²) in [5, 5.41) is 9.57. The standard InChI is InChI=1S/C21H30O2/c1-6-15-21(5,16-7-11-18(22)12-8-16)17-9-13-19(14-10-17)23-20(2,3)4/h7-9,11-14,17,22H,6,10,15H2,1-5H3/t17?,21-/m0/s1. The summed E-state index contributed by atoms with van der Waals surface area (Å²) in [6.07, 6.45) is 9.87. The van der Waals surface area contributed by atoms with Crippen LogP contribution >= 0.6 is 0 Å². The van der Waals surface area contributed by atoms with Gasteiger partial charge in [-0.2, -0.15) is 0 Å². The Morgan fingerprint density at radius 2 is 1.78 bits per heavy atom. The highest BCUT2D eigenvalue weighted by Gasteiger charge is 2.34. The Morgan fingerprint density at radius 3 is 2.26 bits per heavy atom. The molecule has 0 saturated heterocycles. The predicted molar refractivity (Wildman–Crippen MR) is 96.5 cm³/mol. The number of ether oxygens (including phenoxy) is 1. The van der Waals surface area contributed by atoms with Crippen LogP contribution in [0.3, 0.4) is 0 Å². The Bertz CT molecular complexity index is 575. The second-order valence-electron chi connectivity index (χ2n) is 7.74. The molecule has 0 heterocycles. The van der Waals surface area contributed by atoms with Gasteiger partial charge in [-0.25, -0.2) is 0 Å². The summed E-state index contributed by atoms with van der Waals surface area (Å²) in [4.78, 5) is 0. The van der Waals surface area contributed by atoms with E-state index in [-0.39, 0.29) is 11.0 Å². The van der Waals surface area contributed by atoms with E-state index >= 15 is 0 Å². The molecule has 2 rings (SSSR count). The van der Waals surface area contributed by atoms with E-state index in [1.54, 1.807) is 12.1 Å². The Morgan fingerprint density at radius 1 is 1.13 bits per heavy atom. The van der Waals surface area contributed by atoms with E-state index in [1.165, 1.54) is 5.56 Å². The zero-order chi connectivity index (χ0) is 17.1. The third kappa shape index (κ3) is 4.40. The molecule has 0 spiro atoms. The average molecular weight is 314 g/mol. The molecule has 2 heteroatoms. The summed E-state index contributed by atoms with van der Waals surface area (Å²) >= 11 is 0. The van der Waals surface area contributed by atoms with Crippen LogP contribution in [0.25, 0.3) is 0 Å². The lowest BCUT2D eigenvalue weighted by Crippen LogP contribution is -2.32. The minimum absolute atomic E-state index is 0.0721. The maximum atomic E-state index is 9.57. The monoisotopic (exact) mass is 314 g/mol. The number of phenols is 1. The molecule has 1 aliphatic rings. The molecule has 23 heavy (non-hydrogen) atoms. The number of allylic oxidation sites excluding steroid dienone is 3. The minimum Gasteiger partial charge on any atom is -0.508 e. The Kier molecular flexibility index (Phi) is 5.23. The van der Waals surface area contributed by atoms with Crippen LogP contribution in [0.15, 0.2) is 48.3 Å². The third-order valence-corrected chi connectivity index (χ3v) is 4.60. The van der Waals surface area contributed by atoms with Gasteiger partial charge >= 0.3 is 0 Å². The van der Waals surface area contributed by atoms with Gasteiger partial charge < -0.3 is 9.84 Å². The van der Waals surface area contributed by atoms with Crippen molar-refractivity contribution in [1.82, 2.24) is 0 Å². The molecule has 0 saturated carbocycles. The number of hydrogen-bond acceptors (Lipinski definition) is 2. The highest BCUT2D eigenvalue weighted by molar-refractivity contribution is 5.34. The zero-order valence-electron chi connectivity index (χ0n) is 15.1. The number of rotatable bonds is 5. The van der Waals surface area contributed by atoms with Crippen LogP contribution in [0.5, 0.6) is 5.75 Å². The molecule has 126 valence electrons. The molecular formula is C21H30O2. The number of benzene rings is 1. The van der Waals surface area contributed by atoms with Gasteiger partial charge in [-0.15, -0.1) is 0 Å². The molecular weight excluding hydrogens is 284 g/mol. The van der Waals surface area contributed by atoms with E-state index in [1.807, 2.05) is 0 Å². The van der Waals surface area contributed by atoms with Crippen molar-refractivity contribution in [2.24, 2.45) is 5.92 Å². The quantitative estimate of drug-likeness (QED) is 0.752. The van der Waals surface area contributed by atoms with Gasteiger partial charge in [0.25, 0.3) is 0 Å². The van der Waals surface area contributed by atoms with E-state index in [9.17, 15) is 5.11 Å². The molecule has 1 aliphatic carbocycles. The molecule has 1 aromatic carbocycles. The summed E-state index contributed by atoms with van der Waals surface area (Å²) in [6, 6.07) is 7.70. The number of hydrogen-bond donors (Lipinski definition) is 1. The first kappa shape index (κ1) is 17.7. The van der Waals surface area contributed by atoms with Gasteiger partial charge in [0.15, 0.2) is 0 Å². The normalized spacial score (nSPS) is 20.7. The molecule has 0 aliphatic heterocycles. The second-order valence-corrected chi connectivity index (χ2v) is 7.74. The van der Waals surface area contributed by atoms with Crippen molar-refractivity contribution >= 4 is 0 Å². The van der Waals surface area contributed by atoms with Crippen LogP contribution in [0.1, 0.15) is 59.4 Å². The fourth-order valence-corrected chi connectivity index (χ4v) is 3.41. The Hall–Kier alpha value is -1.70. The molecule has 0 aromatic heterocycles. The van der Waals surface area contributed by atoms with E-state index in [0.29, 0.717) is 11.7 Å². The fourth-order valence-electron chi connectivity index (χ4n) is 3.41. The van der Waals surface area contributed by atoms with Gasteiger partial charge in [0, 0.05) is 0 Å². The molecule has 0 fully saturated rings. The topological polar surface area (TPSA) is 29.5 Å². The maximum Gasteiger partial charge on any atom is 0.115 e. The van der Waals surface area contributed by atoms with Gasteiger partial charge in [-0.1, -0.05) is 38.5 Å². The second kappa shape index (κ2) is 6.82. The maximum absolute atomic E-state index is 9.57. The fraction of sp³-hybridized carbons (Fsp3) is 0.524. The van der Waals surface area contributed by atoms with Gasteiger partial charge in [0.05, 0.1) is 0 Å². The highest BCUT2D eigenvalue weighted by atomic mass is 16.5. The van der Waals surface area contributed by atoms with E-state index < -0.39 is 0 Å². The summed E-state index contributed by atoms with van der Waals surface area (Å²) in [5.41, 5.74) is 1.20. The summed E-state index contributed by atoms with van der Waals surface area (Å²) < 4.78 is 5.96. The third-order valence-electron chi connectivity index (χ3n) is 4.60. The van der Waals surface area contributed by atoms with Gasteiger partial charge in [-0.3, -0.25) is 0 Å². The predicted octanol–water partition coefficient (Wildman–Crippen LogP) is 5.73. The van der Waals surface area contributed by atoms with E-state index in [2.05, 4.69) is 65.0 Å². The van der Waals surface area contributed by atoms with Crippen molar-refractivity contribution in [2.45, 2.75) is 64.9 Å². The smallest absolute Gasteiger partial charge is 0.115 e. The Labute approximate surface area is 140 Å². The molecule has 0 bridgehead atoms. The first-order chi connectivity index (χ1) is 10.7. The van der Waals surface area contributed by atoms with Crippen molar-refractivity contribution in [3.05, 3.63) is 53.8 Å². The van der Waals surface area contributed by atoms with Gasteiger partial charge in [-0.05, 0) is 74.8 Å². The summed E-state index contributed by atoms with van der Waals surface area (Å²) in [7, 11) is 0. The molecule has 1 aromatic rings. The summed E-state index contributed by atoms with van der Waals surface area (Å²) in [5.74, 6) is 1.74. The molecule has 2 atom stereocenters. The number of aromatic hydroxyl groups is 1. The molecule has 0 radical (unpaired) electrons. The van der Waals surface area contributed by atoms with Crippen molar-refractivity contribution < 1.29 is 9.84 Å². The first-order valence-corrected chi connectivity index (χ1v) is 8.61.